The Morgan fingerprint density at radius 2 is 1.81 bits per heavy atom. The number of piperidine rings is 1. The highest BCUT2D eigenvalue weighted by molar-refractivity contribution is 5.65. The first-order valence-electron chi connectivity index (χ1n) is 8.34. The van der Waals surface area contributed by atoms with Gasteiger partial charge >= 0.3 is 6.09 Å². The maximum absolute atomic E-state index is 14.2. The van der Waals surface area contributed by atoms with Crippen molar-refractivity contribution >= 4 is 6.09 Å². The van der Waals surface area contributed by atoms with Crippen LogP contribution in [0.25, 0.3) is 0 Å². The van der Waals surface area contributed by atoms with Gasteiger partial charge in [0.15, 0.2) is 11.6 Å². The lowest BCUT2D eigenvalue weighted by atomic mass is 9.84. The molecule has 3 rings (SSSR count). The average Bonchev–Trinajstić information content (AvgIpc) is 2.59. The predicted molar refractivity (Wildman–Crippen MR) is 90.3 cm³/mol. The van der Waals surface area contributed by atoms with E-state index >= 15 is 0 Å². The van der Waals surface area contributed by atoms with E-state index in [1.807, 2.05) is 30.3 Å². The molecule has 0 saturated carbocycles. The third-order valence-corrected chi connectivity index (χ3v) is 4.69. The molecule has 0 spiro atoms. The molecule has 0 aliphatic carbocycles. The van der Waals surface area contributed by atoms with Crippen molar-refractivity contribution in [2.45, 2.75) is 24.9 Å². The molecule has 1 aliphatic rings. The van der Waals surface area contributed by atoms with Crippen LogP contribution in [-0.2, 0) is 6.54 Å². The van der Waals surface area contributed by atoms with Crippen molar-refractivity contribution in [1.82, 2.24) is 10.2 Å². The van der Waals surface area contributed by atoms with Crippen molar-refractivity contribution in [2.75, 3.05) is 13.1 Å². The Labute approximate surface area is 149 Å². The second-order valence-corrected chi connectivity index (χ2v) is 6.46. The van der Waals surface area contributed by atoms with Crippen LogP contribution in [0.1, 0.15) is 23.5 Å². The zero-order valence-electron chi connectivity index (χ0n) is 14.0. The zero-order valence-corrected chi connectivity index (χ0v) is 14.0. The highest BCUT2D eigenvalue weighted by Crippen LogP contribution is 2.32. The van der Waals surface area contributed by atoms with Crippen molar-refractivity contribution in [1.29, 1.82) is 0 Å². The van der Waals surface area contributed by atoms with E-state index in [-0.39, 0.29) is 5.56 Å². The minimum Gasteiger partial charge on any atom is -0.465 e. The third kappa shape index (κ3) is 4.16. The number of rotatable bonds is 4. The molecule has 2 aromatic rings. The second-order valence-electron chi connectivity index (χ2n) is 6.46. The lowest BCUT2D eigenvalue weighted by Gasteiger charge is -2.38. The van der Waals surface area contributed by atoms with Crippen LogP contribution in [0.5, 0.6) is 0 Å². The SMILES string of the molecule is O=C(O)N[C@H]1CN(Cc2ccccc2)CC[C@@H]1c1cc(F)c(F)cc1F. The van der Waals surface area contributed by atoms with Crippen molar-refractivity contribution in [3.05, 3.63) is 71.0 Å². The Balaban J connectivity index is 1.81. The lowest BCUT2D eigenvalue weighted by Crippen LogP contribution is -2.51. The number of benzene rings is 2. The summed E-state index contributed by atoms with van der Waals surface area (Å²) in [4.78, 5) is 13.2. The fraction of sp³-hybridized carbons (Fsp3) is 0.316. The number of carboxylic acid groups (broad SMARTS) is 1. The Morgan fingerprint density at radius 1 is 1.12 bits per heavy atom. The molecule has 1 fully saturated rings. The molecule has 0 bridgehead atoms. The second kappa shape index (κ2) is 7.78. The number of nitrogens with zero attached hydrogens (tertiary/aromatic N) is 1. The molecule has 1 saturated heterocycles. The standard InChI is InChI=1S/C19H19F3N2O2/c20-15-9-17(22)16(21)8-14(15)13-6-7-24(11-18(13)23-19(25)26)10-12-4-2-1-3-5-12/h1-5,8-9,13,18,23H,6-7,10-11H2,(H,25,26)/t13-,18+/m1/s1. The summed E-state index contributed by atoms with van der Waals surface area (Å²) in [5, 5.41) is 11.5. The number of nitrogens with one attached hydrogen (secondary N) is 1. The van der Waals surface area contributed by atoms with E-state index in [0.29, 0.717) is 32.1 Å². The molecule has 0 radical (unpaired) electrons. The quantitative estimate of drug-likeness (QED) is 0.813. The first-order chi connectivity index (χ1) is 12.4. The van der Waals surface area contributed by atoms with Gasteiger partial charge in [0.25, 0.3) is 0 Å². The molecule has 2 aromatic carbocycles. The highest BCUT2D eigenvalue weighted by atomic mass is 19.2. The topological polar surface area (TPSA) is 52.6 Å². The van der Waals surface area contributed by atoms with Crippen LogP contribution in [0.3, 0.4) is 0 Å². The minimum absolute atomic E-state index is 0.00186. The molecular formula is C19H19F3N2O2. The lowest BCUT2D eigenvalue weighted by molar-refractivity contribution is 0.146. The monoisotopic (exact) mass is 364 g/mol. The van der Waals surface area contributed by atoms with Gasteiger partial charge < -0.3 is 10.4 Å². The molecule has 2 N–H and O–H groups in total. The summed E-state index contributed by atoms with van der Waals surface area (Å²) >= 11 is 0. The number of hydrogen-bond acceptors (Lipinski definition) is 2. The van der Waals surface area contributed by atoms with Gasteiger partial charge in [0, 0.05) is 25.1 Å². The van der Waals surface area contributed by atoms with Crippen LogP contribution in [0.4, 0.5) is 18.0 Å². The Kier molecular flexibility index (Phi) is 5.46. The molecule has 4 nitrogen and oxygen atoms in total. The Hall–Kier alpha value is -2.54. The van der Waals surface area contributed by atoms with E-state index in [9.17, 15) is 18.0 Å². The number of amides is 1. The summed E-state index contributed by atoms with van der Waals surface area (Å²) in [6, 6.07) is 10.4. The molecule has 1 heterocycles. The average molecular weight is 364 g/mol. The van der Waals surface area contributed by atoms with Gasteiger partial charge in [-0.15, -0.1) is 0 Å². The van der Waals surface area contributed by atoms with Gasteiger partial charge in [-0.25, -0.2) is 18.0 Å². The van der Waals surface area contributed by atoms with Crippen molar-refractivity contribution in [3.8, 4) is 0 Å². The fourth-order valence-corrected chi connectivity index (χ4v) is 3.50. The van der Waals surface area contributed by atoms with E-state index in [1.165, 1.54) is 0 Å². The maximum Gasteiger partial charge on any atom is 0.404 e. The summed E-state index contributed by atoms with van der Waals surface area (Å²) < 4.78 is 41.0. The normalized spacial score (nSPS) is 20.7. The third-order valence-electron chi connectivity index (χ3n) is 4.69. The highest BCUT2D eigenvalue weighted by Gasteiger charge is 2.33. The maximum atomic E-state index is 14.2. The van der Waals surface area contributed by atoms with Crippen LogP contribution in [0.2, 0.25) is 0 Å². The molecule has 1 amide bonds. The summed E-state index contributed by atoms with van der Waals surface area (Å²) in [7, 11) is 0. The molecular weight excluding hydrogens is 345 g/mol. The number of hydrogen-bond donors (Lipinski definition) is 2. The van der Waals surface area contributed by atoms with E-state index in [0.717, 1.165) is 11.6 Å². The van der Waals surface area contributed by atoms with Crippen molar-refractivity contribution in [3.63, 3.8) is 0 Å². The zero-order chi connectivity index (χ0) is 18.7. The van der Waals surface area contributed by atoms with Crippen LogP contribution in [0.15, 0.2) is 42.5 Å². The first-order valence-corrected chi connectivity index (χ1v) is 8.34. The number of carbonyl (C=O) groups is 1. The summed E-state index contributed by atoms with van der Waals surface area (Å²) in [6.45, 7) is 1.58. The fourth-order valence-electron chi connectivity index (χ4n) is 3.50. The van der Waals surface area contributed by atoms with Gasteiger partial charge in [0.05, 0.1) is 6.04 Å². The molecule has 7 heteroatoms. The van der Waals surface area contributed by atoms with Crippen LogP contribution >= 0.6 is 0 Å². The van der Waals surface area contributed by atoms with Gasteiger partial charge in [-0.3, -0.25) is 4.90 Å². The van der Waals surface area contributed by atoms with E-state index in [4.69, 9.17) is 5.11 Å². The van der Waals surface area contributed by atoms with Gasteiger partial charge in [-0.1, -0.05) is 30.3 Å². The van der Waals surface area contributed by atoms with Crippen molar-refractivity contribution < 1.29 is 23.1 Å². The van der Waals surface area contributed by atoms with Crippen molar-refractivity contribution in [2.24, 2.45) is 0 Å². The Morgan fingerprint density at radius 3 is 2.50 bits per heavy atom. The number of halogens is 3. The molecule has 26 heavy (non-hydrogen) atoms. The van der Waals surface area contributed by atoms with E-state index < -0.39 is 35.5 Å². The van der Waals surface area contributed by atoms with Gasteiger partial charge in [0.2, 0.25) is 0 Å². The van der Waals surface area contributed by atoms with Gasteiger partial charge in [0.1, 0.15) is 5.82 Å². The van der Waals surface area contributed by atoms with Gasteiger partial charge in [-0.05, 0) is 30.2 Å². The molecule has 138 valence electrons. The molecule has 0 aromatic heterocycles. The first kappa shape index (κ1) is 18.3. The van der Waals surface area contributed by atoms with Crippen LogP contribution in [0, 0.1) is 17.5 Å². The molecule has 1 aliphatic heterocycles. The Bertz CT molecular complexity index is 786. The molecule has 2 atom stereocenters. The largest absolute Gasteiger partial charge is 0.465 e. The summed E-state index contributed by atoms with van der Waals surface area (Å²) in [6.07, 6.45) is -0.802. The minimum atomic E-state index is -1.25. The van der Waals surface area contributed by atoms with Crippen LogP contribution < -0.4 is 5.32 Å². The van der Waals surface area contributed by atoms with Gasteiger partial charge in [-0.2, -0.15) is 0 Å². The predicted octanol–water partition coefficient (Wildman–Crippen LogP) is 3.73. The van der Waals surface area contributed by atoms with E-state index in [2.05, 4.69) is 10.2 Å². The summed E-state index contributed by atoms with van der Waals surface area (Å²) in [5.41, 5.74) is 1.08. The summed E-state index contributed by atoms with van der Waals surface area (Å²) in [5.74, 6) is -3.81. The number of likely N-dealkylation sites (tertiary alicyclic amines) is 1. The van der Waals surface area contributed by atoms with Crippen LogP contribution in [-0.4, -0.2) is 35.2 Å². The smallest absolute Gasteiger partial charge is 0.404 e. The van der Waals surface area contributed by atoms with E-state index in [1.54, 1.807) is 0 Å². The molecule has 0 unspecified atom stereocenters.